The molecular weight excluding hydrogens is 275 g/mol. The summed E-state index contributed by atoms with van der Waals surface area (Å²) in [6.45, 7) is 1.21. The van der Waals surface area contributed by atoms with Crippen molar-refractivity contribution >= 4 is 11.6 Å². The molecule has 0 amide bonds. The van der Waals surface area contributed by atoms with E-state index in [1.54, 1.807) is 12.1 Å². The Kier molecular flexibility index (Phi) is 5.12. The molecule has 2 nitrogen and oxygen atoms in total. The summed E-state index contributed by atoms with van der Waals surface area (Å²) in [4.78, 5) is 2.14. The van der Waals surface area contributed by atoms with Crippen molar-refractivity contribution in [2.75, 3.05) is 13.6 Å². The van der Waals surface area contributed by atoms with Crippen molar-refractivity contribution in [3.05, 3.63) is 70.5 Å². The lowest BCUT2D eigenvalue weighted by atomic mass is 10.0. The van der Waals surface area contributed by atoms with Gasteiger partial charge < -0.3 is 5.73 Å². The summed E-state index contributed by atoms with van der Waals surface area (Å²) in [6.07, 6.45) is 0. The molecule has 0 heterocycles. The second-order valence-electron chi connectivity index (χ2n) is 4.85. The lowest BCUT2D eigenvalue weighted by molar-refractivity contribution is 0.241. The van der Waals surface area contributed by atoms with Crippen molar-refractivity contribution in [3.8, 4) is 0 Å². The van der Waals surface area contributed by atoms with Crippen LogP contribution < -0.4 is 5.73 Å². The zero-order valence-electron chi connectivity index (χ0n) is 11.4. The molecule has 2 rings (SSSR count). The number of rotatable bonds is 5. The fraction of sp³-hybridized carbons (Fsp3) is 0.250. The van der Waals surface area contributed by atoms with Crippen LogP contribution in [0.1, 0.15) is 17.2 Å². The Hall–Kier alpha value is -1.42. The van der Waals surface area contributed by atoms with E-state index in [2.05, 4.69) is 4.90 Å². The summed E-state index contributed by atoms with van der Waals surface area (Å²) >= 11 is 5.99. The van der Waals surface area contributed by atoms with Gasteiger partial charge in [-0.25, -0.2) is 4.39 Å². The Morgan fingerprint density at radius 3 is 2.50 bits per heavy atom. The first-order valence-electron chi connectivity index (χ1n) is 6.50. The standard InChI is InChI=1S/C16H18ClFN2/c1-20(11-12-3-2-4-14(17)9-12)16(10-19)13-5-7-15(18)8-6-13/h2-9,16H,10-11,19H2,1H3. The van der Waals surface area contributed by atoms with Crippen molar-refractivity contribution in [2.24, 2.45) is 5.73 Å². The van der Waals surface area contributed by atoms with Gasteiger partial charge >= 0.3 is 0 Å². The molecule has 106 valence electrons. The summed E-state index contributed by atoms with van der Waals surface area (Å²) in [6, 6.07) is 14.3. The maximum atomic E-state index is 13.0. The molecule has 0 bridgehead atoms. The number of halogens is 2. The van der Waals surface area contributed by atoms with Crippen molar-refractivity contribution in [3.63, 3.8) is 0 Å². The van der Waals surface area contributed by atoms with E-state index in [0.29, 0.717) is 6.54 Å². The van der Waals surface area contributed by atoms with E-state index in [1.807, 2.05) is 31.3 Å². The Labute approximate surface area is 124 Å². The Balaban J connectivity index is 2.13. The third kappa shape index (κ3) is 3.79. The van der Waals surface area contributed by atoms with Gasteiger partial charge in [0.25, 0.3) is 0 Å². The molecule has 4 heteroatoms. The monoisotopic (exact) mass is 292 g/mol. The van der Waals surface area contributed by atoms with Crippen LogP contribution in [0.25, 0.3) is 0 Å². The second kappa shape index (κ2) is 6.84. The Morgan fingerprint density at radius 1 is 1.20 bits per heavy atom. The van der Waals surface area contributed by atoms with Crippen molar-refractivity contribution in [1.82, 2.24) is 4.90 Å². The van der Waals surface area contributed by atoms with Crippen LogP contribution in [0.4, 0.5) is 4.39 Å². The second-order valence-corrected chi connectivity index (χ2v) is 5.28. The first-order chi connectivity index (χ1) is 9.60. The molecule has 0 spiro atoms. The fourth-order valence-electron chi connectivity index (χ4n) is 2.29. The van der Waals surface area contributed by atoms with Gasteiger partial charge in [0.05, 0.1) is 0 Å². The summed E-state index contributed by atoms with van der Waals surface area (Å²) in [5, 5.41) is 0.724. The number of hydrogen-bond acceptors (Lipinski definition) is 2. The van der Waals surface area contributed by atoms with E-state index in [1.165, 1.54) is 12.1 Å². The molecule has 0 saturated heterocycles. The molecule has 0 aliphatic rings. The number of nitrogens with two attached hydrogens (primary N) is 1. The fourth-order valence-corrected chi connectivity index (χ4v) is 2.50. The average Bonchev–Trinajstić information content (AvgIpc) is 2.42. The van der Waals surface area contributed by atoms with Gasteiger partial charge in [0.1, 0.15) is 5.82 Å². The number of benzene rings is 2. The summed E-state index contributed by atoms with van der Waals surface area (Å²) < 4.78 is 13.0. The maximum absolute atomic E-state index is 13.0. The zero-order chi connectivity index (χ0) is 14.5. The molecule has 0 fully saturated rings. The predicted molar refractivity (Wildman–Crippen MR) is 81.1 cm³/mol. The first kappa shape index (κ1) is 15.0. The minimum absolute atomic E-state index is 0.0505. The molecule has 0 aliphatic carbocycles. The van der Waals surface area contributed by atoms with Crippen molar-refractivity contribution < 1.29 is 4.39 Å². The highest BCUT2D eigenvalue weighted by Crippen LogP contribution is 2.21. The number of hydrogen-bond donors (Lipinski definition) is 1. The lowest BCUT2D eigenvalue weighted by Gasteiger charge is -2.27. The molecule has 20 heavy (non-hydrogen) atoms. The zero-order valence-corrected chi connectivity index (χ0v) is 12.1. The highest BCUT2D eigenvalue weighted by atomic mass is 35.5. The predicted octanol–water partition coefficient (Wildman–Crippen LogP) is 3.61. The van der Waals surface area contributed by atoms with Gasteiger partial charge in [0.2, 0.25) is 0 Å². The number of nitrogens with zero attached hydrogens (tertiary/aromatic N) is 1. The summed E-state index contributed by atoms with van der Waals surface area (Å²) in [7, 11) is 2.00. The van der Waals surface area contributed by atoms with E-state index in [-0.39, 0.29) is 11.9 Å². The Morgan fingerprint density at radius 2 is 1.90 bits per heavy atom. The quantitative estimate of drug-likeness (QED) is 0.912. The third-order valence-corrected chi connectivity index (χ3v) is 3.57. The third-order valence-electron chi connectivity index (χ3n) is 3.33. The minimum atomic E-state index is -0.234. The molecule has 0 aliphatic heterocycles. The number of likely N-dealkylation sites (N-methyl/N-ethyl adjacent to an activating group) is 1. The highest BCUT2D eigenvalue weighted by Gasteiger charge is 2.15. The van der Waals surface area contributed by atoms with Gasteiger partial charge in [-0.15, -0.1) is 0 Å². The minimum Gasteiger partial charge on any atom is -0.329 e. The molecule has 2 N–H and O–H groups in total. The van der Waals surface area contributed by atoms with E-state index in [0.717, 1.165) is 22.7 Å². The first-order valence-corrected chi connectivity index (χ1v) is 6.88. The van der Waals surface area contributed by atoms with Gasteiger partial charge in [-0.2, -0.15) is 0 Å². The molecule has 1 atom stereocenters. The van der Waals surface area contributed by atoms with Crippen LogP contribution in [-0.4, -0.2) is 18.5 Å². The van der Waals surface area contributed by atoms with Crippen LogP contribution >= 0.6 is 11.6 Å². The molecule has 2 aromatic rings. The van der Waals surface area contributed by atoms with Crippen molar-refractivity contribution in [2.45, 2.75) is 12.6 Å². The molecule has 0 saturated carbocycles. The van der Waals surface area contributed by atoms with Crippen LogP contribution in [-0.2, 0) is 6.54 Å². The van der Waals surface area contributed by atoms with Crippen LogP contribution in [0.3, 0.4) is 0 Å². The normalized spacial score (nSPS) is 12.7. The van der Waals surface area contributed by atoms with Gasteiger partial charge in [-0.1, -0.05) is 35.9 Å². The molecule has 1 unspecified atom stereocenters. The van der Waals surface area contributed by atoms with E-state index < -0.39 is 0 Å². The molecule has 0 aromatic heterocycles. The average molecular weight is 293 g/mol. The maximum Gasteiger partial charge on any atom is 0.123 e. The van der Waals surface area contributed by atoms with E-state index >= 15 is 0 Å². The lowest BCUT2D eigenvalue weighted by Crippen LogP contribution is -2.30. The van der Waals surface area contributed by atoms with Gasteiger partial charge in [0, 0.05) is 24.2 Å². The summed E-state index contributed by atoms with van der Waals surface area (Å²) in [5.74, 6) is -0.234. The smallest absolute Gasteiger partial charge is 0.123 e. The van der Waals surface area contributed by atoms with Crippen molar-refractivity contribution in [1.29, 1.82) is 0 Å². The van der Waals surface area contributed by atoms with Crippen LogP contribution in [0.5, 0.6) is 0 Å². The molecular formula is C16H18ClFN2. The van der Waals surface area contributed by atoms with E-state index in [4.69, 9.17) is 17.3 Å². The molecule has 2 aromatic carbocycles. The topological polar surface area (TPSA) is 29.3 Å². The Bertz CT molecular complexity index is 557. The summed E-state index contributed by atoms with van der Waals surface area (Å²) in [5.41, 5.74) is 8.00. The largest absolute Gasteiger partial charge is 0.329 e. The van der Waals surface area contributed by atoms with Gasteiger partial charge in [0.15, 0.2) is 0 Å². The van der Waals surface area contributed by atoms with Crippen LogP contribution in [0, 0.1) is 5.82 Å². The van der Waals surface area contributed by atoms with Crippen LogP contribution in [0.15, 0.2) is 48.5 Å². The molecule has 0 radical (unpaired) electrons. The SMILES string of the molecule is CN(Cc1cccc(Cl)c1)C(CN)c1ccc(F)cc1. The van der Waals surface area contributed by atoms with Crippen LogP contribution in [0.2, 0.25) is 5.02 Å². The van der Waals surface area contributed by atoms with Gasteiger partial charge in [-0.3, -0.25) is 4.90 Å². The van der Waals surface area contributed by atoms with E-state index in [9.17, 15) is 4.39 Å². The van der Waals surface area contributed by atoms with Gasteiger partial charge in [-0.05, 0) is 42.4 Å². The highest BCUT2D eigenvalue weighted by molar-refractivity contribution is 6.30.